The Kier molecular flexibility index (Phi) is 11.3. The number of aliphatic imine (C=N–C) groups is 2. The van der Waals surface area contributed by atoms with Crippen LogP contribution in [-0.2, 0) is 16.0 Å². The molecule has 0 atom stereocenters. The maximum absolute atomic E-state index is 12.6. The number of hydrogen-bond donors (Lipinski definition) is 2. The van der Waals surface area contributed by atoms with E-state index < -0.39 is 5.91 Å². The number of hydrogen-bond acceptors (Lipinski definition) is 6. The van der Waals surface area contributed by atoms with Gasteiger partial charge in [-0.2, -0.15) is 0 Å². The number of aromatic nitrogens is 1. The highest BCUT2D eigenvalue weighted by atomic mass is 35.5. The van der Waals surface area contributed by atoms with E-state index in [2.05, 4.69) is 27.2 Å². The molecule has 1 aromatic heterocycles. The average Bonchev–Trinajstić information content (AvgIpc) is 2.85. The molecule has 0 unspecified atom stereocenters. The number of ether oxygens (including phenoxy) is 2. The Hall–Kier alpha value is -3.98. The van der Waals surface area contributed by atoms with Gasteiger partial charge in [-0.25, -0.2) is 9.98 Å². The number of guanidine groups is 1. The van der Waals surface area contributed by atoms with Gasteiger partial charge in [-0.3, -0.25) is 19.9 Å². The molecule has 0 aliphatic carbocycles. The van der Waals surface area contributed by atoms with E-state index in [0.29, 0.717) is 17.0 Å². The molecule has 0 aliphatic heterocycles. The molecule has 190 valence electrons. The van der Waals surface area contributed by atoms with E-state index in [4.69, 9.17) is 26.8 Å². The number of allylic oxidation sites excluding steroid dienone is 4. The molecule has 2 amide bonds. The summed E-state index contributed by atoms with van der Waals surface area (Å²) >= 11 is 6.34. The third kappa shape index (κ3) is 8.66. The third-order valence-electron chi connectivity index (χ3n) is 4.76. The molecule has 2 rings (SSSR count). The van der Waals surface area contributed by atoms with Crippen LogP contribution in [0.1, 0.15) is 42.6 Å². The minimum atomic E-state index is -0.671. The van der Waals surface area contributed by atoms with E-state index in [1.54, 1.807) is 38.3 Å². The minimum absolute atomic E-state index is 0.0242. The van der Waals surface area contributed by atoms with Gasteiger partial charge in [-0.15, -0.1) is 0 Å². The number of nitrogens with zero attached hydrogens (tertiary/aromatic N) is 3. The SMILES string of the molecule is CCC\C=C/C=C(OC)\C(C)=N\C(=NC)NC(=O)Cc1ccc(Oc2ncccc2C(N)=O)c(Cl)c1. The van der Waals surface area contributed by atoms with Crippen molar-refractivity contribution in [2.24, 2.45) is 15.7 Å². The van der Waals surface area contributed by atoms with E-state index in [1.165, 1.54) is 19.3 Å². The Bertz CT molecular complexity index is 1200. The van der Waals surface area contributed by atoms with E-state index in [9.17, 15) is 9.59 Å². The number of halogens is 1. The van der Waals surface area contributed by atoms with Crippen molar-refractivity contribution in [3.05, 3.63) is 76.7 Å². The van der Waals surface area contributed by atoms with E-state index in [-0.39, 0.29) is 40.5 Å². The highest BCUT2D eigenvalue weighted by Gasteiger charge is 2.14. The van der Waals surface area contributed by atoms with Gasteiger partial charge in [-0.1, -0.05) is 43.2 Å². The molecule has 0 saturated heterocycles. The number of nitrogens with one attached hydrogen (secondary N) is 1. The van der Waals surface area contributed by atoms with Crippen molar-refractivity contribution >= 4 is 35.1 Å². The molecule has 0 radical (unpaired) electrons. The van der Waals surface area contributed by atoms with Crippen molar-refractivity contribution in [1.29, 1.82) is 0 Å². The van der Waals surface area contributed by atoms with Crippen LogP contribution in [0.3, 0.4) is 0 Å². The molecule has 0 aliphatic rings. The van der Waals surface area contributed by atoms with Crippen LogP contribution in [0.15, 0.2) is 70.5 Å². The summed E-state index contributed by atoms with van der Waals surface area (Å²) < 4.78 is 11.0. The Balaban J connectivity index is 2.07. The smallest absolute Gasteiger partial charge is 0.254 e. The number of nitrogens with two attached hydrogens (primary N) is 1. The van der Waals surface area contributed by atoms with E-state index >= 15 is 0 Å². The average molecular weight is 512 g/mol. The van der Waals surface area contributed by atoms with E-state index in [1.807, 2.05) is 18.2 Å². The Morgan fingerprint density at radius 1 is 1.28 bits per heavy atom. The molecule has 10 heteroatoms. The first kappa shape index (κ1) is 28.3. The van der Waals surface area contributed by atoms with Crippen molar-refractivity contribution in [3.8, 4) is 11.6 Å². The normalized spacial score (nSPS) is 12.5. The molecule has 1 heterocycles. The molecule has 0 spiro atoms. The largest absolute Gasteiger partial charge is 0.495 e. The number of benzene rings is 1. The summed E-state index contributed by atoms with van der Waals surface area (Å²) in [5.41, 5.74) is 6.68. The number of primary amides is 1. The van der Waals surface area contributed by atoms with Gasteiger partial charge >= 0.3 is 0 Å². The van der Waals surface area contributed by atoms with Crippen LogP contribution in [-0.4, -0.2) is 42.6 Å². The van der Waals surface area contributed by atoms with Crippen molar-refractivity contribution in [3.63, 3.8) is 0 Å². The summed E-state index contributed by atoms with van der Waals surface area (Å²) in [7, 11) is 3.09. The molecular formula is C26H30ClN5O4. The van der Waals surface area contributed by atoms with Gasteiger partial charge < -0.3 is 15.2 Å². The fourth-order valence-electron chi connectivity index (χ4n) is 2.96. The maximum atomic E-state index is 12.6. The Morgan fingerprint density at radius 3 is 2.69 bits per heavy atom. The summed E-state index contributed by atoms with van der Waals surface area (Å²) in [5.74, 6) is 0.0219. The highest BCUT2D eigenvalue weighted by molar-refractivity contribution is 6.32. The number of amides is 2. The molecule has 1 aromatic carbocycles. The molecule has 0 fully saturated rings. The molecule has 3 N–H and O–H groups in total. The minimum Gasteiger partial charge on any atom is -0.495 e. The third-order valence-corrected chi connectivity index (χ3v) is 5.05. The number of methoxy groups -OCH3 is 1. The first-order valence-corrected chi connectivity index (χ1v) is 11.6. The molecule has 36 heavy (non-hydrogen) atoms. The van der Waals surface area contributed by atoms with Crippen molar-refractivity contribution in [2.45, 2.75) is 33.1 Å². The van der Waals surface area contributed by atoms with Gasteiger partial charge in [0.25, 0.3) is 5.91 Å². The Morgan fingerprint density at radius 2 is 2.06 bits per heavy atom. The lowest BCUT2D eigenvalue weighted by atomic mass is 10.1. The van der Waals surface area contributed by atoms with Crippen molar-refractivity contribution < 1.29 is 19.1 Å². The number of rotatable bonds is 10. The number of unbranched alkanes of at least 4 members (excludes halogenated alkanes) is 1. The standard InChI is InChI=1S/C26H30ClN5O4/c1-5-6-7-8-11-21(35-4)17(2)31-26(29-3)32-23(33)16-18-12-13-22(20(27)15-18)36-25-19(24(28)34)10-9-14-30-25/h7-15H,5-6,16H2,1-4H3,(H2,28,34)(H,29,32,33)/b8-7-,21-11+,31-17+. The fourth-order valence-corrected chi connectivity index (χ4v) is 3.20. The van der Waals surface area contributed by atoms with Crippen LogP contribution in [0.25, 0.3) is 0 Å². The molecule has 9 nitrogen and oxygen atoms in total. The zero-order valence-electron chi connectivity index (χ0n) is 20.7. The topological polar surface area (TPSA) is 128 Å². The number of carbonyl (C=O) groups excluding carboxylic acids is 2. The van der Waals surface area contributed by atoms with Crippen LogP contribution in [0, 0.1) is 0 Å². The quantitative estimate of drug-likeness (QED) is 0.208. The number of carbonyl (C=O) groups is 2. The van der Waals surface area contributed by atoms with E-state index in [0.717, 1.165) is 12.8 Å². The second kappa shape index (κ2) is 14.4. The summed E-state index contributed by atoms with van der Waals surface area (Å²) in [6, 6.07) is 7.94. The zero-order chi connectivity index (χ0) is 26.5. The molecule has 0 saturated carbocycles. The van der Waals surface area contributed by atoms with Gasteiger partial charge in [0.2, 0.25) is 17.7 Å². The first-order valence-electron chi connectivity index (χ1n) is 11.2. The highest BCUT2D eigenvalue weighted by Crippen LogP contribution is 2.30. The van der Waals surface area contributed by atoms with Crippen LogP contribution >= 0.6 is 11.6 Å². The van der Waals surface area contributed by atoms with Gasteiger partial charge in [0.05, 0.1) is 24.3 Å². The van der Waals surface area contributed by atoms with Crippen LogP contribution in [0.2, 0.25) is 5.02 Å². The Labute approximate surface area is 215 Å². The lowest BCUT2D eigenvalue weighted by Crippen LogP contribution is -2.31. The maximum Gasteiger partial charge on any atom is 0.254 e. The predicted molar refractivity (Wildman–Crippen MR) is 142 cm³/mol. The second-order valence-electron chi connectivity index (χ2n) is 7.51. The second-order valence-corrected chi connectivity index (χ2v) is 7.92. The monoisotopic (exact) mass is 511 g/mol. The van der Waals surface area contributed by atoms with Crippen molar-refractivity contribution in [2.75, 3.05) is 14.2 Å². The molecule has 0 bridgehead atoms. The van der Waals surface area contributed by atoms with Gasteiger partial charge in [0, 0.05) is 13.2 Å². The number of pyridine rings is 1. The zero-order valence-corrected chi connectivity index (χ0v) is 21.5. The first-order chi connectivity index (χ1) is 17.3. The summed E-state index contributed by atoms with van der Waals surface area (Å²) in [5, 5.41) is 2.92. The van der Waals surface area contributed by atoms with Crippen LogP contribution in [0.4, 0.5) is 0 Å². The molecular weight excluding hydrogens is 482 g/mol. The lowest BCUT2D eigenvalue weighted by molar-refractivity contribution is -0.119. The summed E-state index contributed by atoms with van der Waals surface area (Å²) in [6.45, 7) is 3.87. The van der Waals surface area contributed by atoms with Gasteiger partial charge in [0.15, 0.2) is 0 Å². The molecule has 2 aromatic rings. The van der Waals surface area contributed by atoms with Gasteiger partial charge in [-0.05, 0) is 49.2 Å². The summed E-state index contributed by atoms with van der Waals surface area (Å²) in [4.78, 5) is 36.6. The van der Waals surface area contributed by atoms with Crippen LogP contribution < -0.4 is 15.8 Å². The fraction of sp³-hybridized carbons (Fsp3) is 0.269. The summed E-state index contributed by atoms with van der Waals surface area (Å²) in [6.07, 6.45) is 9.28. The van der Waals surface area contributed by atoms with Crippen molar-refractivity contribution in [1.82, 2.24) is 10.3 Å². The predicted octanol–water partition coefficient (Wildman–Crippen LogP) is 4.62. The van der Waals surface area contributed by atoms with Gasteiger partial charge in [0.1, 0.15) is 17.1 Å². The lowest BCUT2D eigenvalue weighted by Gasteiger charge is -2.11. The van der Waals surface area contributed by atoms with Crippen LogP contribution in [0.5, 0.6) is 11.6 Å².